The lowest BCUT2D eigenvalue weighted by Gasteiger charge is -2.08. The zero-order valence-electron chi connectivity index (χ0n) is 11.9. The Morgan fingerprint density at radius 1 is 1.00 bits per heavy atom. The highest BCUT2D eigenvalue weighted by atomic mass is 19.1. The summed E-state index contributed by atoms with van der Waals surface area (Å²) in [6.45, 7) is 4.02. The average molecular weight is 282 g/mol. The molecular weight excluding hydrogens is 267 g/mol. The van der Waals surface area contributed by atoms with Crippen molar-refractivity contribution in [1.29, 1.82) is 0 Å². The van der Waals surface area contributed by atoms with Gasteiger partial charge in [0.2, 0.25) is 5.88 Å². The molecule has 0 radical (unpaired) electrons. The van der Waals surface area contributed by atoms with Crippen LogP contribution in [0, 0.1) is 19.7 Å². The van der Waals surface area contributed by atoms with Gasteiger partial charge in [-0.05, 0) is 31.0 Å². The Hall–Kier alpha value is -2.62. The predicted octanol–water partition coefficient (Wildman–Crippen LogP) is 4.35. The second kappa shape index (κ2) is 5.05. The van der Waals surface area contributed by atoms with E-state index in [1.807, 2.05) is 32.0 Å². The van der Waals surface area contributed by atoms with Crippen LogP contribution in [0.5, 0.6) is 0 Å². The molecule has 3 aromatic rings. The van der Waals surface area contributed by atoms with Crippen LogP contribution in [0.3, 0.4) is 0 Å². The van der Waals surface area contributed by atoms with Gasteiger partial charge in [0, 0.05) is 11.1 Å². The minimum absolute atomic E-state index is 0.121. The summed E-state index contributed by atoms with van der Waals surface area (Å²) in [7, 11) is 0. The van der Waals surface area contributed by atoms with Crippen LogP contribution in [0.4, 0.5) is 10.3 Å². The summed E-state index contributed by atoms with van der Waals surface area (Å²) < 4.78 is 19.2. The molecule has 4 heteroatoms. The van der Waals surface area contributed by atoms with Gasteiger partial charge in [-0.1, -0.05) is 41.6 Å². The molecule has 2 N–H and O–H groups in total. The zero-order chi connectivity index (χ0) is 15.0. The van der Waals surface area contributed by atoms with Crippen LogP contribution >= 0.6 is 0 Å². The molecule has 0 saturated carbocycles. The van der Waals surface area contributed by atoms with Crippen molar-refractivity contribution in [2.24, 2.45) is 0 Å². The maximum atomic E-state index is 14.1. The molecule has 0 saturated heterocycles. The Labute approximate surface area is 122 Å². The number of hydrogen-bond acceptors (Lipinski definition) is 3. The van der Waals surface area contributed by atoms with E-state index in [2.05, 4.69) is 5.16 Å². The minimum atomic E-state index is -0.348. The number of aryl methyl sites for hydroxylation is 1. The molecule has 0 aliphatic carbocycles. The lowest BCUT2D eigenvalue weighted by Crippen LogP contribution is -1.93. The number of halogens is 1. The van der Waals surface area contributed by atoms with Crippen molar-refractivity contribution in [2.45, 2.75) is 13.8 Å². The van der Waals surface area contributed by atoms with Crippen LogP contribution < -0.4 is 5.73 Å². The molecule has 0 aliphatic heterocycles. The number of nitrogen functional groups attached to an aromatic ring is 1. The fourth-order valence-electron chi connectivity index (χ4n) is 2.42. The second-order valence-corrected chi connectivity index (χ2v) is 5.00. The van der Waals surface area contributed by atoms with Crippen LogP contribution in [0.15, 0.2) is 47.0 Å². The Kier molecular flexibility index (Phi) is 3.22. The van der Waals surface area contributed by atoms with Crippen LogP contribution in [-0.2, 0) is 0 Å². The lowest BCUT2D eigenvalue weighted by atomic mass is 9.95. The Morgan fingerprint density at radius 2 is 1.71 bits per heavy atom. The van der Waals surface area contributed by atoms with Crippen LogP contribution in [0.25, 0.3) is 22.4 Å². The lowest BCUT2D eigenvalue weighted by molar-refractivity contribution is 0.439. The van der Waals surface area contributed by atoms with E-state index in [-0.39, 0.29) is 11.7 Å². The first-order valence-corrected chi connectivity index (χ1v) is 6.66. The highest BCUT2D eigenvalue weighted by Gasteiger charge is 2.21. The third-order valence-corrected chi connectivity index (χ3v) is 3.72. The van der Waals surface area contributed by atoms with Crippen molar-refractivity contribution in [1.82, 2.24) is 5.16 Å². The summed E-state index contributed by atoms with van der Waals surface area (Å²) in [4.78, 5) is 0. The topological polar surface area (TPSA) is 52.0 Å². The van der Waals surface area contributed by atoms with Crippen molar-refractivity contribution >= 4 is 5.88 Å². The third kappa shape index (κ3) is 2.18. The Bertz CT molecular complexity index is 808. The van der Waals surface area contributed by atoms with Crippen molar-refractivity contribution in [3.63, 3.8) is 0 Å². The SMILES string of the molecule is Cc1cccc(-c2noc(N)c2-c2ccccc2F)c1C. The van der Waals surface area contributed by atoms with Crippen molar-refractivity contribution in [2.75, 3.05) is 5.73 Å². The smallest absolute Gasteiger partial charge is 0.230 e. The Morgan fingerprint density at radius 3 is 2.48 bits per heavy atom. The highest BCUT2D eigenvalue weighted by molar-refractivity contribution is 5.88. The number of aromatic nitrogens is 1. The molecule has 0 atom stereocenters. The van der Waals surface area contributed by atoms with Gasteiger partial charge in [-0.3, -0.25) is 0 Å². The van der Waals surface area contributed by atoms with E-state index in [1.54, 1.807) is 18.2 Å². The van der Waals surface area contributed by atoms with Gasteiger partial charge in [0.1, 0.15) is 11.5 Å². The maximum Gasteiger partial charge on any atom is 0.230 e. The third-order valence-electron chi connectivity index (χ3n) is 3.72. The van der Waals surface area contributed by atoms with Crippen molar-refractivity contribution in [3.8, 4) is 22.4 Å². The van der Waals surface area contributed by atoms with Gasteiger partial charge in [0.15, 0.2) is 0 Å². The quantitative estimate of drug-likeness (QED) is 0.760. The molecule has 1 heterocycles. The van der Waals surface area contributed by atoms with Gasteiger partial charge in [-0.2, -0.15) is 0 Å². The van der Waals surface area contributed by atoms with E-state index >= 15 is 0 Å². The first-order valence-electron chi connectivity index (χ1n) is 6.66. The maximum absolute atomic E-state index is 14.1. The molecule has 106 valence electrons. The van der Waals surface area contributed by atoms with Gasteiger partial charge in [0.25, 0.3) is 0 Å². The summed E-state index contributed by atoms with van der Waals surface area (Å²) in [5.74, 6) is -0.227. The van der Waals surface area contributed by atoms with Gasteiger partial charge < -0.3 is 10.3 Å². The number of nitrogens with two attached hydrogens (primary N) is 1. The van der Waals surface area contributed by atoms with Gasteiger partial charge in [-0.15, -0.1) is 0 Å². The van der Waals surface area contributed by atoms with E-state index in [9.17, 15) is 4.39 Å². The summed E-state index contributed by atoms with van der Waals surface area (Å²) in [6.07, 6.45) is 0. The highest BCUT2D eigenvalue weighted by Crippen LogP contribution is 2.38. The van der Waals surface area contributed by atoms with E-state index in [1.165, 1.54) is 6.07 Å². The number of rotatable bonds is 2. The van der Waals surface area contributed by atoms with E-state index in [0.717, 1.165) is 16.7 Å². The summed E-state index contributed by atoms with van der Waals surface area (Å²) in [5, 5.41) is 4.04. The van der Waals surface area contributed by atoms with Crippen molar-refractivity contribution in [3.05, 3.63) is 59.4 Å². The van der Waals surface area contributed by atoms with Crippen LogP contribution in [0.1, 0.15) is 11.1 Å². The average Bonchev–Trinajstić information content (AvgIpc) is 2.84. The number of nitrogens with zero attached hydrogens (tertiary/aromatic N) is 1. The number of benzene rings is 2. The second-order valence-electron chi connectivity index (χ2n) is 5.00. The van der Waals surface area contributed by atoms with Crippen molar-refractivity contribution < 1.29 is 8.91 Å². The normalized spacial score (nSPS) is 10.8. The fourth-order valence-corrected chi connectivity index (χ4v) is 2.42. The molecule has 21 heavy (non-hydrogen) atoms. The molecule has 0 bridgehead atoms. The van der Waals surface area contributed by atoms with Gasteiger partial charge >= 0.3 is 0 Å². The summed E-state index contributed by atoms with van der Waals surface area (Å²) in [5.41, 5.74) is 10.4. The standard InChI is InChI=1S/C17H15FN2O/c1-10-6-5-8-12(11(10)2)16-15(17(19)21-20-16)13-7-3-4-9-14(13)18/h3-9H,19H2,1-2H3. The van der Waals surface area contributed by atoms with E-state index in [0.29, 0.717) is 16.8 Å². The van der Waals surface area contributed by atoms with Crippen LogP contribution in [0.2, 0.25) is 0 Å². The number of anilines is 1. The predicted molar refractivity (Wildman–Crippen MR) is 81.2 cm³/mol. The summed E-state index contributed by atoms with van der Waals surface area (Å²) >= 11 is 0. The Balaban J connectivity index is 2.28. The molecule has 0 spiro atoms. The first kappa shape index (κ1) is 13.4. The van der Waals surface area contributed by atoms with Crippen LogP contribution in [-0.4, -0.2) is 5.16 Å². The molecule has 0 unspecified atom stereocenters. The van der Waals surface area contributed by atoms with Gasteiger partial charge in [-0.25, -0.2) is 4.39 Å². The molecule has 0 amide bonds. The molecule has 3 nitrogen and oxygen atoms in total. The largest absolute Gasteiger partial charge is 0.367 e. The molecule has 2 aromatic carbocycles. The fraction of sp³-hybridized carbons (Fsp3) is 0.118. The number of hydrogen-bond donors (Lipinski definition) is 1. The molecule has 3 rings (SSSR count). The van der Waals surface area contributed by atoms with Gasteiger partial charge in [0.05, 0.1) is 5.56 Å². The monoisotopic (exact) mass is 282 g/mol. The zero-order valence-corrected chi connectivity index (χ0v) is 11.9. The minimum Gasteiger partial charge on any atom is -0.367 e. The van der Waals surface area contributed by atoms with E-state index in [4.69, 9.17) is 10.3 Å². The molecule has 0 fully saturated rings. The molecule has 0 aliphatic rings. The molecule has 1 aromatic heterocycles. The first-order chi connectivity index (χ1) is 10.1. The molecular formula is C17H15FN2O. The summed E-state index contributed by atoms with van der Waals surface area (Å²) in [6, 6.07) is 12.4. The van der Waals surface area contributed by atoms with E-state index < -0.39 is 0 Å².